The summed E-state index contributed by atoms with van der Waals surface area (Å²) in [6.07, 6.45) is 3.12. The lowest BCUT2D eigenvalue weighted by atomic mass is 10.0. The number of para-hydroxylation sites is 1. The maximum Gasteiger partial charge on any atom is 0.260 e. The van der Waals surface area contributed by atoms with Crippen LogP contribution in [0, 0.1) is 0 Å². The summed E-state index contributed by atoms with van der Waals surface area (Å²) in [4.78, 5) is 42.5. The first kappa shape index (κ1) is 24.6. The number of amides is 3. The molecule has 7 heteroatoms. The standard InChI is InChI=1S/C30H31N3O4/c1-37-22-16-14-21(15-17-22)18-19-31-27(34)13-3-2-8-20-32-28-23-9-4-5-10-24(23)30(36)33(28)26-12-7-6-11-25(26)29(32)35/h4-7,9-12,14-17,28H,2-3,8,13,18-20H2,1H3,(H,31,34). The molecule has 3 amide bonds. The van der Waals surface area contributed by atoms with Gasteiger partial charge in [0.25, 0.3) is 11.8 Å². The summed E-state index contributed by atoms with van der Waals surface area (Å²) in [5, 5.41) is 2.99. The number of hydrogen-bond acceptors (Lipinski definition) is 4. The van der Waals surface area contributed by atoms with Gasteiger partial charge in [-0.3, -0.25) is 19.3 Å². The number of fused-ring (bicyclic) bond motifs is 5. The molecule has 0 aliphatic carbocycles. The predicted molar refractivity (Wildman–Crippen MR) is 142 cm³/mol. The highest BCUT2D eigenvalue weighted by atomic mass is 16.5. The van der Waals surface area contributed by atoms with Gasteiger partial charge >= 0.3 is 0 Å². The van der Waals surface area contributed by atoms with E-state index in [1.54, 1.807) is 23.0 Å². The van der Waals surface area contributed by atoms with Crippen molar-refractivity contribution in [3.8, 4) is 5.75 Å². The second kappa shape index (κ2) is 10.9. The van der Waals surface area contributed by atoms with Crippen molar-refractivity contribution in [2.75, 3.05) is 25.1 Å². The van der Waals surface area contributed by atoms with Crippen molar-refractivity contribution in [1.82, 2.24) is 10.2 Å². The van der Waals surface area contributed by atoms with Crippen LogP contribution in [-0.2, 0) is 11.2 Å². The minimum Gasteiger partial charge on any atom is -0.497 e. The third-order valence-corrected chi connectivity index (χ3v) is 7.08. The van der Waals surface area contributed by atoms with Gasteiger partial charge in [-0.1, -0.05) is 48.9 Å². The molecule has 2 aliphatic rings. The van der Waals surface area contributed by atoms with Gasteiger partial charge in [-0.15, -0.1) is 0 Å². The first-order chi connectivity index (χ1) is 18.1. The lowest BCUT2D eigenvalue weighted by molar-refractivity contribution is -0.121. The van der Waals surface area contributed by atoms with E-state index in [-0.39, 0.29) is 17.7 Å². The van der Waals surface area contributed by atoms with E-state index in [4.69, 9.17) is 4.74 Å². The Hall–Kier alpha value is -4.13. The Bertz CT molecular complexity index is 1300. The molecule has 0 radical (unpaired) electrons. The van der Waals surface area contributed by atoms with Crippen LogP contribution < -0.4 is 15.0 Å². The van der Waals surface area contributed by atoms with E-state index in [9.17, 15) is 14.4 Å². The minimum atomic E-state index is -0.424. The molecule has 0 saturated carbocycles. The number of anilines is 1. The van der Waals surface area contributed by atoms with Gasteiger partial charge in [0.2, 0.25) is 5.91 Å². The van der Waals surface area contributed by atoms with Gasteiger partial charge in [0, 0.05) is 30.6 Å². The fourth-order valence-corrected chi connectivity index (χ4v) is 5.17. The molecule has 1 N–H and O–H groups in total. The second-order valence-corrected chi connectivity index (χ2v) is 9.41. The van der Waals surface area contributed by atoms with Crippen LogP contribution in [-0.4, -0.2) is 42.8 Å². The van der Waals surface area contributed by atoms with Gasteiger partial charge in [-0.2, -0.15) is 0 Å². The molecule has 0 aromatic heterocycles. The summed E-state index contributed by atoms with van der Waals surface area (Å²) in [6.45, 7) is 1.12. The summed E-state index contributed by atoms with van der Waals surface area (Å²) in [5.74, 6) is 0.729. The fraction of sp³-hybridized carbons (Fsp3) is 0.300. The number of unbranched alkanes of at least 4 members (excludes halogenated alkanes) is 2. The number of benzene rings is 3. The van der Waals surface area contributed by atoms with Gasteiger partial charge < -0.3 is 15.0 Å². The van der Waals surface area contributed by atoms with Gasteiger partial charge in [0.15, 0.2) is 0 Å². The Morgan fingerprint density at radius 2 is 1.59 bits per heavy atom. The van der Waals surface area contributed by atoms with Crippen molar-refractivity contribution < 1.29 is 19.1 Å². The van der Waals surface area contributed by atoms with Gasteiger partial charge in [0.1, 0.15) is 11.9 Å². The number of nitrogens with zero attached hydrogens (tertiary/aromatic N) is 2. The molecule has 3 aromatic rings. The van der Waals surface area contributed by atoms with E-state index in [0.717, 1.165) is 42.6 Å². The number of hydrogen-bond donors (Lipinski definition) is 1. The van der Waals surface area contributed by atoms with Crippen molar-refractivity contribution in [2.24, 2.45) is 0 Å². The molecule has 190 valence electrons. The van der Waals surface area contributed by atoms with Crippen molar-refractivity contribution in [2.45, 2.75) is 38.3 Å². The van der Waals surface area contributed by atoms with Crippen LogP contribution in [0.3, 0.4) is 0 Å². The summed E-state index contributed by atoms with van der Waals surface area (Å²) >= 11 is 0. The van der Waals surface area contributed by atoms with E-state index in [1.807, 2.05) is 66.7 Å². The molecular weight excluding hydrogens is 466 g/mol. The lowest BCUT2D eigenvalue weighted by Crippen LogP contribution is -2.48. The molecule has 2 aliphatic heterocycles. The van der Waals surface area contributed by atoms with Crippen LogP contribution in [0.15, 0.2) is 72.8 Å². The molecule has 7 nitrogen and oxygen atoms in total. The molecule has 0 saturated heterocycles. The smallest absolute Gasteiger partial charge is 0.260 e. The van der Waals surface area contributed by atoms with E-state index < -0.39 is 6.17 Å². The fourth-order valence-electron chi connectivity index (χ4n) is 5.17. The maximum atomic E-state index is 13.4. The average Bonchev–Trinajstić information content (AvgIpc) is 3.23. The number of carbonyl (C=O) groups excluding carboxylic acids is 3. The Kier molecular flexibility index (Phi) is 7.21. The Morgan fingerprint density at radius 3 is 2.38 bits per heavy atom. The van der Waals surface area contributed by atoms with E-state index in [2.05, 4.69) is 5.32 Å². The molecular formula is C30H31N3O4. The van der Waals surface area contributed by atoms with Crippen LogP contribution in [0.1, 0.15) is 63.7 Å². The van der Waals surface area contributed by atoms with Crippen LogP contribution in [0.4, 0.5) is 5.69 Å². The maximum absolute atomic E-state index is 13.4. The minimum absolute atomic E-state index is 0.0398. The van der Waals surface area contributed by atoms with Gasteiger partial charge in [-0.25, -0.2) is 0 Å². The molecule has 0 fully saturated rings. The van der Waals surface area contributed by atoms with E-state index >= 15 is 0 Å². The summed E-state index contributed by atoms with van der Waals surface area (Å²) < 4.78 is 5.17. The van der Waals surface area contributed by atoms with Crippen molar-refractivity contribution in [3.63, 3.8) is 0 Å². The van der Waals surface area contributed by atoms with Crippen LogP contribution in [0.2, 0.25) is 0 Å². The third-order valence-electron chi connectivity index (χ3n) is 7.08. The van der Waals surface area contributed by atoms with Crippen LogP contribution in [0.25, 0.3) is 0 Å². The quantitative estimate of drug-likeness (QED) is 0.411. The molecule has 5 rings (SSSR count). The van der Waals surface area contributed by atoms with Crippen LogP contribution >= 0.6 is 0 Å². The predicted octanol–water partition coefficient (Wildman–Crippen LogP) is 4.73. The highest BCUT2D eigenvalue weighted by Crippen LogP contribution is 2.45. The number of nitrogens with one attached hydrogen (secondary N) is 1. The first-order valence-corrected chi connectivity index (χ1v) is 12.8. The zero-order valence-electron chi connectivity index (χ0n) is 21.0. The molecule has 1 unspecified atom stereocenters. The Morgan fingerprint density at radius 1 is 0.865 bits per heavy atom. The number of carbonyl (C=O) groups is 3. The molecule has 2 heterocycles. The van der Waals surface area contributed by atoms with Crippen molar-refractivity contribution in [3.05, 3.63) is 95.1 Å². The third kappa shape index (κ3) is 4.94. The monoisotopic (exact) mass is 497 g/mol. The number of methoxy groups -OCH3 is 1. The number of ether oxygens (including phenoxy) is 1. The van der Waals surface area contributed by atoms with Gasteiger partial charge in [0.05, 0.1) is 18.4 Å². The van der Waals surface area contributed by atoms with E-state index in [1.165, 1.54) is 0 Å². The zero-order chi connectivity index (χ0) is 25.8. The Labute approximate surface area is 217 Å². The van der Waals surface area contributed by atoms with Crippen LogP contribution in [0.5, 0.6) is 5.75 Å². The summed E-state index contributed by atoms with van der Waals surface area (Å²) in [5.41, 5.74) is 3.88. The highest BCUT2D eigenvalue weighted by Gasteiger charge is 2.47. The lowest BCUT2D eigenvalue weighted by Gasteiger charge is -2.41. The molecule has 1 atom stereocenters. The first-order valence-electron chi connectivity index (χ1n) is 12.8. The normalized spacial score (nSPS) is 15.8. The number of rotatable bonds is 10. The molecule has 0 spiro atoms. The topological polar surface area (TPSA) is 79.0 Å². The van der Waals surface area contributed by atoms with Crippen molar-refractivity contribution >= 4 is 23.4 Å². The largest absolute Gasteiger partial charge is 0.497 e. The Balaban J connectivity index is 1.13. The molecule has 3 aromatic carbocycles. The molecule has 37 heavy (non-hydrogen) atoms. The van der Waals surface area contributed by atoms with E-state index in [0.29, 0.717) is 36.3 Å². The second-order valence-electron chi connectivity index (χ2n) is 9.41. The SMILES string of the molecule is COc1ccc(CCNC(=O)CCCCCN2C(=O)c3ccccc3N3C(=O)c4ccccc4C23)cc1. The zero-order valence-corrected chi connectivity index (χ0v) is 21.0. The summed E-state index contributed by atoms with van der Waals surface area (Å²) in [7, 11) is 1.64. The van der Waals surface area contributed by atoms with Crippen molar-refractivity contribution in [1.29, 1.82) is 0 Å². The average molecular weight is 498 g/mol. The molecule has 0 bridgehead atoms. The summed E-state index contributed by atoms with van der Waals surface area (Å²) in [6, 6.07) is 22.7. The van der Waals surface area contributed by atoms with Gasteiger partial charge in [-0.05, 0) is 55.2 Å². The highest BCUT2D eigenvalue weighted by molar-refractivity contribution is 6.16.